The third kappa shape index (κ3) is 4.24. The third-order valence-electron chi connectivity index (χ3n) is 1.37. The Bertz CT molecular complexity index is 85.3. The van der Waals surface area contributed by atoms with Crippen molar-refractivity contribution in [3.8, 4) is 0 Å². The summed E-state index contributed by atoms with van der Waals surface area (Å²) >= 11 is 0. The minimum atomic E-state index is 0.339. The highest BCUT2D eigenvalue weighted by Gasteiger charge is 1.98. The summed E-state index contributed by atoms with van der Waals surface area (Å²) in [5.41, 5.74) is 0. The molecule has 0 aliphatic heterocycles. The highest BCUT2D eigenvalue weighted by atomic mass is 16.5. The van der Waals surface area contributed by atoms with Crippen molar-refractivity contribution in [3.05, 3.63) is 12.5 Å². The maximum atomic E-state index is 5.28. The van der Waals surface area contributed by atoms with Crippen LogP contribution in [0.1, 0.15) is 26.7 Å². The largest absolute Gasteiger partial charge is 0.501 e. The van der Waals surface area contributed by atoms with Crippen LogP contribution in [0.5, 0.6) is 0 Å². The van der Waals surface area contributed by atoms with Crippen molar-refractivity contribution in [3.63, 3.8) is 0 Å². The summed E-state index contributed by atoms with van der Waals surface area (Å²) in [6, 6.07) is 0. The minimum absolute atomic E-state index is 0.339. The van der Waals surface area contributed by atoms with Crippen LogP contribution in [-0.4, -0.2) is 13.2 Å². The highest BCUT2D eigenvalue weighted by Crippen LogP contribution is 2.02. The normalized spacial score (nSPS) is 10.8. The predicted octanol–water partition coefficient (Wildman–Crippen LogP) is 2.31. The Balaban J connectivity index is 3.34. The Morgan fingerprint density at radius 2 is 1.80 bits per heavy atom. The molecule has 0 radical (unpaired) electrons. The SMILES string of the molecule is CCC(CC)O/C=C\OC. The van der Waals surface area contributed by atoms with Gasteiger partial charge in [0.2, 0.25) is 0 Å². The van der Waals surface area contributed by atoms with E-state index < -0.39 is 0 Å². The molecule has 10 heavy (non-hydrogen) atoms. The second kappa shape index (κ2) is 6.46. The van der Waals surface area contributed by atoms with Crippen LogP contribution in [0.3, 0.4) is 0 Å². The zero-order chi connectivity index (χ0) is 7.82. The molecule has 0 aromatic heterocycles. The first-order valence-electron chi connectivity index (χ1n) is 3.68. The standard InChI is InChI=1S/C8H16O2/c1-4-8(5-2)10-7-6-9-3/h6-8H,4-5H2,1-3H3/b7-6-. The van der Waals surface area contributed by atoms with Gasteiger partial charge in [-0.15, -0.1) is 0 Å². The molecule has 2 nitrogen and oxygen atoms in total. The molecule has 2 heteroatoms. The summed E-state index contributed by atoms with van der Waals surface area (Å²) in [6.07, 6.45) is 5.57. The van der Waals surface area contributed by atoms with E-state index in [-0.39, 0.29) is 0 Å². The van der Waals surface area contributed by atoms with Gasteiger partial charge >= 0.3 is 0 Å². The van der Waals surface area contributed by atoms with Crippen molar-refractivity contribution in [2.45, 2.75) is 32.8 Å². The fraction of sp³-hybridized carbons (Fsp3) is 0.750. The Morgan fingerprint density at radius 1 is 1.20 bits per heavy atom. The van der Waals surface area contributed by atoms with Crippen molar-refractivity contribution in [1.82, 2.24) is 0 Å². The van der Waals surface area contributed by atoms with Gasteiger partial charge in [-0.05, 0) is 12.8 Å². The smallest absolute Gasteiger partial charge is 0.118 e. The van der Waals surface area contributed by atoms with Crippen LogP contribution in [0.15, 0.2) is 12.5 Å². The van der Waals surface area contributed by atoms with Crippen LogP contribution in [0, 0.1) is 0 Å². The fourth-order valence-electron chi connectivity index (χ4n) is 0.680. The molecule has 0 aromatic carbocycles. The molecule has 0 heterocycles. The summed E-state index contributed by atoms with van der Waals surface area (Å²) in [5.74, 6) is 0. The van der Waals surface area contributed by atoms with Gasteiger partial charge in [0.25, 0.3) is 0 Å². The number of ether oxygens (including phenoxy) is 2. The third-order valence-corrected chi connectivity index (χ3v) is 1.37. The summed E-state index contributed by atoms with van der Waals surface area (Å²) in [4.78, 5) is 0. The molecule has 0 N–H and O–H groups in total. The molecular weight excluding hydrogens is 128 g/mol. The monoisotopic (exact) mass is 144 g/mol. The van der Waals surface area contributed by atoms with E-state index in [0.29, 0.717) is 6.10 Å². The van der Waals surface area contributed by atoms with Crippen LogP contribution in [-0.2, 0) is 9.47 Å². The van der Waals surface area contributed by atoms with Crippen LogP contribution in [0.25, 0.3) is 0 Å². The second-order valence-electron chi connectivity index (χ2n) is 2.08. The first-order valence-corrected chi connectivity index (χ1v) is 3.68. The Kier molecular flexibility index (Phi) is 6.03. The summed E-state index contributed by atoms with van der Waals surface area (Å²) < 4.78 is 9.95. The van der Waals surface area contributed by atoms with Crippen LogP contribution in [0.2, 0.25) is 0 Å². The molecule has 0 rings (SSSR count). The second-order valence-corrected chi connectivity index (χ2v) is 2.08. The lowest BCUT2D eigenvalue weighted by molar-refractivity contribution is 0.128. The van der Waals surface area contributed by atoms with E-state index in [9.17, 15) is 0 Å². The van der Waals surface area contributed by atoms with E-state index in [1.165, 1.54) is 0 Å². The number of hydrogen-bond acceptors (Lipinski definition) is 2. The van der Waals surface area contributed by atoms with Crippen LogP contribution >= 0.6 is 0 Å². The lowest BCUT2D eigenvalue weighted by atomic mass is 10.2. The van der Waals surface area contributed by atoms with E-state index in [0.717, 1.165) is 12.8 Å². The average molecular weight is 144 g/mol. The Labute approximate surface area is 62.8 Å². The van der Waals surface area contributed by atoms with Crippen molar-refractivity contribution >= 4 is 0 Å². The van der Waals surface area contributed by atoms with Gasteiger partial charge in [0.15, 0.2) is 0 Å². The molecule has 0 aliphatic rings. The highest BCUT2D eigenvalue weighted by molar-refractivity contribution is 4.63. The molecule has 60 valence electrons. The minimum Gasteiger partial charge on any atom is -0.501 e. The number of methoxy groups -OCH3 is 1. The molecule has 0 saturated heterocycles. The maximum absolute atomic E-state index is 5.28. The lowest BCUT2D eigenvalue weighted by Gasteiger charge is -2.10. The van der Waals surface area contributed by atoms with Gasteiger partial charge in [0, 0.05) is 0 Å². The zero-order valence-electron chi connectivity index (χ0n) is 6.96. The van der Waals surface area contributed by atoms with Crippen LogP contribution < -0.4 is 0 Å². The van der Waals surface area contributed by atoms with Gasteiger partial charge < -0.3 is 9.47 Å². The average Bonchev–Trinajstić information content (AvgIpc) is 1.99. The van der Waals surface area contributed by atoms with Gasteiger partial charge in [0.1, 0.15) is 12.5 Å². The predicted molar refractivity (Wildman–Crippen MR) is 41.6 cm³/mol. The molecular formula is C8H16O2. The summed E-state index contributed by atoms with van der Waals surface area (Å²) in [6.45, 7) is 4.21. The zero-order valence-corrected chi connectivity index (χ0v) is 6.96. The molecule has 0 spiro atoms. The lowest BCUT2D eigenvalue weighted by Crippen LogP contribution is -2.05. The molecule has 0 amide bonds. The van der Waals surface area contributed by atoms with Gasteiger partial charge in [-0.1, -0.05) is 13.8 Å². The summed E-state index contributed by atoms with van der Waals surface area (Å²) in [7, 11) is 1.60. The molecule has 0 aliphatic carbocycles. The van der Waals surface area contributed by atoms with Crippen LogP contribution in [0.4, 0.5) is 0 Å². The van der Waals surface area contributed by atoms with E-state index >= 15 is 0 Å². The maximum Gasteiger partial charge on any atom is 0.118 e. The fourth-order valence-corrected chi connectivity index (χ4v) is 0.680. The van der Waals surface area contributed by atoms with Gasteiger partial charge in [0.05, 0.1) is 13.2 Å². The Morgan fingerprint density at radius 3 is 2.20 bits per heavy atom. The topological polar surface area (TPSA) is 18.5 Å². The quantitative estimate of drug-likeness (QED) is 0.551. The van der Waals surface area contributed by atoms with Crippen molar-refractivity contribution < 1.29 is 9.47 Å². The summed E-state index contributed by atoms with van der Waals surface area (Å²) in [5, 5.41) is 0. The molecule has 0 aromatic rings. The molecule has 0 fully saturated rings. The number of hydrogen-bond donors (Lipinski definition) is 0. The van der Waals surface area contributed by atoms with Crippen molar-refractivity contribution in [1.29, 1.82) is 0 Å². The first-order chi connectivity index (χ1) is 4.85. The Hall–Kier alpha value is -0.660. The molecule has 0 unspecified atom stereocenters. The molecule has 0 atom stereocenters. The van der Waals surface area contributed by atoms with Gasteiger partial charge in [-0.25, -0.2) is 0 Å². The van der Waals surface area contributed by atoms with Gasteiger partial charge in [-0.2, -0.15) is 0 Å². The van der Waals surface area contributed by atoms with Gasteiger partial charge in [-0.3, -0.25) is 0 Å². The van der Waals surface area contributed by atoms with E-state index in [1.54, 1.807) is 19.6 Å². The number of rotatable bonds is 5. The van der Waals surface area contributed by atoms with Crippen molar-refractivity contribution in [2.24, 2.45) is 0 Å². The van der Waals surface area contributed by atoms with E-state index in [2.05, 4.69) is 18.6 Å². The molecule has 0 saturated carbocycles. The molecule has 0 bridgehead atoms. The van der Waals surface area contributed by atoms with E-state index in [1.807, 2.05) is 0 Å². The van der Waals surface area contributed by atoms with Crippen molar-refractivity contribution in [2.75, 3.05) is 7.11 Å². The van der Waals surface area contributed by atoms with E-state index in [4.69, 9.17) is 4.74 Å². The first kappa shape index (κ1) is 9.34.